The van der Waals surface area contributed by atoms with E-state index in [1.165, 1.54) is 26.2 Å². The minimum absolute atomic E-state index is 0.0271. The average Bonchev–Trinajstić information content (AvgIpc) is 3.49. The molecule has 0 radical (unpaired) electrons. The van der Waals surface area contributed by atoms with Crippen molar-refractivity contribution in [2.75, 3.05) is 19.8 Å². The first-order chi connectivity index (χ1) is 17.7. The molecule has 11 nitrogen and oxygen atoms in total. The summed E-state index contributed by atoms with van der Waals surface area (Å²) < 4.78 is 27.9. The van der Waals surface area contributed by atoms with Crippen molar-refractivity contribution in [1.82, 2.24) is 29.0 Å². The Kier molecular flexibility index (Phi) is 5.87. The fourth-order valence-electron chi connectivity index (χ4n) is 4.08. The van der Waals surface area contributed by atoms with Gasteiger partial charge in [-0.2, -0.15) is 15.3 Å². The van der Waals surface area contributed by atoms with Crippen molar-refractivity contribution >= 4 is 27.0 Å². The molecule has 0 saturated carbocycles. The fourth-order valence-corrected chi connectivity index (χ4v) is 4.98. The van der Waals surface area contributed by atoms with E-state index in [0.29, 0.717) is 45.5 Å². The summed E-state index contributed by atoms with van der Waals surface area (Å²) in [5.41, 5.74) is 9.66. The molecule has 0 saturated heterocycles. The van der Waals surface area contributed by atoms with E-state index in [4.69, 9.17) is 11.0 Å². The first kappa shape index (κ1) is 24.0. The third kappa shape index (κ3) is 4.37. The maximum Gasteiger partial charge on any atom is 0.262 e. The largest absolute Gasteiger partial charge is 0.369 e. The van der Waals surface area contributed by atoms with Gasteiger partial charge in [0.25, 0.3) is 5.56 Å². The summed E-state index contributed by atoms with van der Waals surface area (Å²) in [5, 5.41) is 13.8. The third-order valence-corrected chi connectivity index (χ3v) is 7.78. The second-order valence-electron chi connectivity index (χ2n) is 8.60. The number of sulfonamides is 1. The van der Waals surface area contributed by atoms with Gasteiger partial charge in [0.15, 0.2) is 0 Å². The maximum atomic E-state index is 12.9. The summed E-state index contributed by atoms with van der Waals surface area (Å²) in [6.45, 7) is 0.460. The SMILES string of the molecule is CN(C)S(=O)(=O)c1ccc(-c2[nH]c3nc(N)[nH]c(=O)c3c2-c2cnn(Cc3ccc(C#N)cc3)c2)cc1. The molecule has 37 heavy (non-hydrogen) atoms. The predicted molar refractivity (Wildman–Crippen MR) is 139 cm³/mol. The Morgan fingerprint density at radius 2 is 1.76 bits per heavy atom. The molecule has 0 aliphatic carbocycles. The Labute approximate surface area is 211 Å². The number of hydrogen-bond acceptors (Lipinski definition) is 7. The van der Waals surface area contributed by atoms with Crippen LogP contribution in [0, 0.1) is 11.3 Å². The molecule has 12 heteroatoms. The topological polar surface area (TPSA) is 167 Å². The highest BCUT2D eigenvalue weighted by Crippen LogP contribution is 2.36. The summed E-state index contributed by atoms with van der Waals surface area (Å²) in [6, 6.07) is 15.7. The molecule has 4 N–H and O–H groups in total. The summed E-state index contributed by atoms with van der Waals surface area (Å²) in [4.78, 5) is 23.0. The highest BCUT2D eigenvalue weighted by Gasteiger charge is 2.22. The van der Waals surface area contributed by atoms with E-state index in [-0.39, 0.29) is 10.8 Å². The van der Waals surface area contributed by atoms with Crippen molar-refractivity contribution in [3.8, 4) is 28.5 Å². The van der Waals surface area contributed by atoms with Crippen LogP contribution in [0.25, 0.3) is 33.4 Å². The first-order valence-corrected chi connectivity index (χ1v) is 12.6. The highest BCUT2D eigenvalue weighted by atomic mass is 32.2. The van der Waals surface area contributed by atoms with Crippen molar-refractivity contribution in [2.45, 2.75) is 11.4 Å². The number of benzene rings is 2. The van der Waals surface area contributed by atoms with Crippen LogP contribution in [0.4, 0.5) is 5.95 Å². The second-order valence-corrected chi connectivity index (χ2v) is 10.7. The normalized spacial score (nSPS) is 11.7. The van der Waals surface area contributed by atoms with Gasteiger partial charge in [-0.05, 0) is 35.4 Å². The van der Waals surface area contributed by atoms with Gasteiger partial charge in [0.2, 0.25) is 16.0 Å². The Morgan fingerprint density at radius 3 is 2.41 bits per heavy atom. The van der Waals surface area contributed by atoms with Gasteiger partial charge in [0, 0.05) is 31.4 Å². The Balaban J connectivity index is 1.61. The van der Waals surface area contributed by atoms with E-state index in [1.807, 2.05) is 18.3 Å². The molecule has 0 aliphatic rings. The molecule has 5 rings (SSSR count). The Bertz CT molecular complexity index is 1820. The molecule has 3 heterocycles. The van der Waals surface area contributed by atoms with E-state index >= 15 is 0 Å². The molecule has 2 aromatic carbocycles. The molecule has 0 atom stereocenters. The van der Waals surface area contributed by atoms with Gasteiger partial charge in [-0.15, -0.1) is 0 Å². The lowest BCUT2D eigenvalue weighted by Crippen LogP contribution is -2.22. The van der Waals surface area contributed by atoms with Crippen LogP contribution in [0.5, 0.6) is 0 Å². The molecule has 5 aromatic rings. The molecule has 3 aromatic heterocycles. The van der Waals surface area contributed by atoms with Gasteiger partial charge in [0.05, 0.1) is 40.3 Å². The Morgan fingerprint density at radius 1 is 1.05 bits per heavy atom. The third-order valence-electron chi connectivity index (χ3n) is 5.95. The van der Waals surface area contributed by atoms with Crippen LogP contribution < -0.4 is 11.3 Å². The van der Waals surface area contributed by atoms with Gasteiger partial charge < -0.3 is 10.7 Å². The van der Waals surface area contributed by atoms with Gasteiger partial charge in [0.1, 0.15) is 5.65 Å². The van der Waals surface area contributed by atoms with Crippen molar-refractivity contribution in [1.29, 1.82) is 5.26 Å². The molecule has 186 valence electrons. The van der Waals surface area contributed by atoms with E-state index in [2.05, 4.69) is 26.1 Å². The number of anilines is 1. The van der Waals surface area contributed by atoms with Crippen LogP contribution in [-0.2, 0) is 16.6 Å². The number of aromatic amines is 2. The lowest BCUT2D eigenvalue weighted by molar-refractivity contribution is 0.521. The van der Waals surface area contributed by atoms with Crippen molar-refractivity contribution < 1.29 is 8.42 Å². The summed E-state index contributed by atoms with van der Waals surface area (Å²) in [6.07, 6.45) is 3.46. The lowest BCUT2D eigenvalue weighted by Gasteiger charge is -2.11. The zero-order valence-electron chi connectivity index (χ0n) is 19.9. The highest BCUT2D eigenvalue weighted by molar-refractivity contribution is 7.89. The number of nitrogens with two attached hydrogens (primary N) is 1. The predicted octanol–water partition coefficient (Wildman–Crippen LogP) is 2.53. The maximum absolute atomic E-state index is 12.9. The molecule has 0 fully saturated rings. The summed E-state index contributed by atoms with van der Waals surface area (Å²) >= 11 is 0. The number of nitriles is 1. The summed E-state index contributed by atoms with van der Waals surface area (Å²) in [5.74, 6) is -0.0271. The first-order valence-electron chi connectivity index (χ1n) is 11.1. The number of H-pyrrole nitrogens is 2. The summed E-state index contributed by atoms with van der Waals surface area (Å²) in [7, 11) is -0.660. The number of nitrogens with one attached hydrogen (secondary N) is 2. The van der Waals surface area contributed by atoms with Gasteiger partial charge in [-0.25, -0.2) is 12.7 Å². The standard InChI is InChI=1S/C25H22N8O3S/c1-32(2)37(35,36)19-9-7-17(8-10-19)22-20(21-23(29-22)30-25(27)31-24(21)34)18-12-28-33(14-18)13-16-5-3-15(11-26)4-6-16/h3-10,12,14H,13H2,1-2H3,(H4,27,29,30,31,34). The molecular formula is C25H22N8O3S. The van der Waals surface area contributed by atoms with Crippen LogP contribution >= 0.6 is 0 Å². The van der Waals surface area contributed by atoms with Crippen molar-refractivity contribution in [3.05, 3.63) is 82.4 Å². The quantitative estimate of drug-likeness (QED) is 0.313. The fraction of sp³-hybridized carbons (Fsp3) is 0.120. The van der Waals surface area contributed by atoms with E-state index in [9.17, 15) is 13.2 Å². The molecule has 0 unspecified atom stereocenters. The smallest absolute Gasteiger partial charge is 0.262 e. The van der Waals surface area contributed by atoms with Crippen molar-refractivity contribution in [2.24, 2.45) is 0 Å². The number of aromatic nitrogens is 5. The number of nitrogen functional groups attached to an aromatic ring is 1. The van der Waals surface area contributed by atoms with Crippen molar-refractivity contribution in [3.63, 3.8) is 0 Å². The van der Waals surface area contributed by atoms with Crippen LogP contribution in [0.15, 0.2) is 70.6 Å². The Hall–Kier alpha value is -4.73. The zero-order valence-corrected chi connectivity index (χ0v) is 20.7. The molecule has 0 amide bonds. The molecule has 0 spiro atoms. The molecule has 0 bridgehead atoms. The monoisotopic (exact) mass is 514 g/mol. The van der Waals surface area contributed by atoms with Gasteiger partial charge >= 0.3 is 0 Å². The minimum atomic E-state index is -3.60. The van der Waals surface area contributed by atoms with E-state index in [1.54, 1.807) is 35.1 Å². The minimum Gasteiger partial charge on any atom is -0.369 e. The van der Waals surface area contributed by atoms with E-state index in [0.717, 1.165) is 9.87 Å². The van der Waals surface area contributed by atoms with Crippen LogP contribution in [0.1, 0.15) is 11.1 Å². The number of nitrogens with zero attached hydrogens (tertiary/aromatic N) is 5. The lowest BCUT2D eigenvalue weighted by atomic mass is 10.0. The van der Waals surface area contributed by atoms with Crippen LogP contribution in [-0.4, -0.2) is 51.6 Å². The van der Waals surface area contributed by atoms with Crippen LogP contribution in [0.3, 0.4) is 0 Å². The molecular weight excluding hydrogens is 492 g/mol. The molecule has 0 aliphatic heterocycles. The number of fused-ring (bicyclic) bond motifs is 1. The van der Waals surface area contributed by atoms with Crippen LogP contribution in [0.2, 0.25) is 0 Å². The average molecular weight is 515 g/mol. The van der Waals surface area contributed by atoms with Gasteiger partial charge in [-0.1, -0.05) is 24.3 Å². The zero-order chi connectivity index (χ0) is 26.3. The number of hydrogen-bond donors (Lipinski definition) is 3. The van der Waals surface area contributed by atoms with E-state index < -0.39 is 15.6 Å². The second kappa shape index (κ2) is 9.05. The van der Waals surface area contributed by atoms with Gasteiger partial charge in [-0.3, -0.25) is 14.5 Å². The number of rotatable bonds is 6.